The second-order valence-electron chi connectivity index (χ2n) is 6.90. The Labute approximate surface area is 173 Å². The van der Waals surface area contributed by atoms with E-state index >= 15 is 0 Å². The third kappa shape index (κ3) is 6.19. The molecule has 1 aliphatic rings. The van der Waals surface area contributed by atoms with Gasteiger partial charge in [0.15, 0.2) is 0 Å². The van der Waals surface area contributed by atoms with Crippen LogP contribution >= 0.6 is 0 Å². The van der Waals surface area contributed by atoms with Crippen LogP contribution in [0.1, 0.15) is 29.8 Å². The highest BCUT2D eigenvalue weighted by Crippen LogP contribution is 2.22. The van der Waals surface area contributed by atoms with Gasteiger partial charge in [0.05, 0.1) is 24.9 Å². The van der Waals surface area contributed by atoms with Gasteiger partial charge in [0.25, 0.3) is 5.91 Å². The molecule has 160 valence electrons. The number of hydrogen-bond donors (Lipinski definition) is 4. The van der Waals surface area contributed by atoms with Crippen molar-refractivity contribution in [2.75, 3.05) is 18.5 Å². The van der Waals surface area contributed by atoms with Crippen molar-refractivity contribution in [3.63, 3.8) is 0 Å². The van der Waals surface area contributed by atoms with Gasteiger partial charge < -0.3 is 25.8 Å². The standard InChI is InChI=1S/C20H24FN5O4/c21-13-1-3-14(4-2-13)25-20(29)24-8-7-15-5-6-16(18(12-27)30-15)26-19(28)17-11-22-9-10-23-17/h1-4,9-11,15-16,18,27H,5-8,12H2,(H,26,28)(H2,24,25,29)/t15-,16+,18-/m0/s1. The number of anilines is 1. The van der Waals surface area contributed by atoms with Gasteiger partial charge in [-0.1, -0.05) is 0 Å². The first-order valence-electron chi connectivity index (χ1n) is 9.68. The van der Waals surface area contributed by atoms with Crippen LogP contribution in [0.15, 0.2) is 42.9 Å². The predicted octanol–water partition coefficient (Wildman–Crippen LogP) is 1.47. The number of carbonyl (C=O) groups excluding carboxylic acids is 2. The van der Waals surface area contributed by atoms with Gasteiger partial charge in [0, 0.05) is 24.6 Å². The second-order valence-corrected chi connectivity index (χ2v) is 6.90. The fourth-order valence-corrected chi connectivity index (χ4v) is 3.22. The van der Waals surface area contributed by atoms with E-state index in [9.17, 15) is 19.1 Å². The van der Waals surface area contributed by atoms with E-state index in [0.717, 1.165) is 0 Å². The van der Waals surface area contributed by atoms with Crippen LogP contribution in [-0.4, -0.2) is 58.4 Å². The molecule has 4 N–H and O–H groups in total. The average Bonchev–Trinajstić information content (AvgIpc) is 2.77. The quantitative estimate of drug-likeness (QED) is 0.541. The average molecular weight is 417 g/mol. The van der Waals surface area contributed by atoms with E-state index in [4.69, 9.17) is 4.74 Å². The molecule has 1 fully saturated rings. The lowest BCUT2D eigenvalue weighted by Gasteiger charge is -2.36. The molecule has 0 saturated carbocycles. The van der Waals surface area contributed by atoms with Gasteiger partial charge in [-0.25, -0.2) is 14.2 Å². The van der Waals surface area contributed by atoms with Crippen LogP contribution in [0.4, 0.5) is 14.9 Å². The topological polar surface area (TPSA) is 125 Å². The molecule has 3 rings (SSSR count). The fraction of sp³-hybridized carbons (Fsp3) is 0.400. The summed E-state index contributed by atoms with van der Waals surface area (Å²) in [4.78, 5) is 32.0. The minimum Gasteiger partial charge on any atom is -0.394 e. The van der Waals surface area contributed by atoms with E-state index in [1.54, 1.807) is 0 Å². The smallest absolute Gasteiger partial charge is 0.319 e. The number of rotatable bonds is 7. The van der Waals surface area contributed by atoms with Crippen LogP contribution in [0.2, 0.25) is 0 Å². The van der Waals surface area contributed by atoms with E-state index in [1.807, 2.05) is 0 Å². The van der Waals surface area contributed by atoms with Gasteiger partial charge in [-0.2, -0.15) is 0 Å². The Morgan fingerprint density at radius 1 is 1.20 bits per heavy atom. The zero-order valence-corrected chi connectivity index (χ0v) is 16.3. The number of benzene rings is 1. The van der Waals surface area contributed by atoms with Crippen molar-refractivity contribution in [3.05, 3.63) is 54.4 Å². The van der Waals surface area contributed by atoms with Crippen molar-refractivity contribution in [2.45, 2.75) is 37.5 Å². The van der Waals surface area contributed by atoms with Gasteiger partial charge >= 0.3 is 6.03 Å². The Bertz CT molecular complexity index is 837. The molecule has 0 spiro atoms. The molecule has 0 bridgehead atoms. The van der Waals surface area contributed by atoms with E-state index in [2.05, 4.69) is 25.9 Å². The number of hydrogen-bond acceptors (Lipinski definition) is 6. The number of aromatic nitrogens is 2. The number of aliphatic hydroxyl groups excluding tert-OH is 1. The van der Waals surface area contributed by atoms with Crippen molar-refractivity contribution in [3.8, 4) is 0 Å². The zero-order valence-electron chi connectivity index (χ0n) is 16.3. The van der Waals surface area contributed by atoms with E-state index < -0.39 is 12.1 Å². The largest absolute Gasteiger partial charge is 0.394 e. The van der Waals surface area contributed by atoms with Gasteiger partial charge in [-0.3, -0.25) is 9.78 Å². The molecular formula is C20H24FN5O4. The Hall–Kier alpha value is -3.11. The fourth-order valence-electron chi connectivity index (χ4n) is 3.22. The number of amides is 3. The highest BCUT2D eigenvalue weighted by Gasteiger charge is 2.32. The predicted molar refractivity (Wildman–Crippen MR) is 106 cm³/mol. The third-order valence-electron chi connectivity index (χ3n) is 4.76. The molecule has 1 aliphatic heterocycles. The first-order chi connectivity index (χ1) is 14.5. The molecule has 0 unspecified atom stereocenters. The second kappa shape index (κ2) is 10.6. The van der Waals surface area contributed by atoms with Crippen LogP contribution in [-0.2, 0) is 4.74 Å². The number of ether oxygens (including phenoxy) is 1. The van der Waals surface area contributed by atoms with Crippen molar-refractivity contribution in [1.82, 2.24) is 20.6 Å². The van der Waals surface area contributed by atoms with Gasteiger partial charge in [0.1, 0.15) is 17.6 Å². The molecule has 0 radical (unpaired) electrons. The third-order valence-corrected chi connectivity index (χ3v) is 4.76. The summed E-state index contributed by atoms with van der Waals surface area (Å²) >= 11 is 0. The van der Waals surface area contributed by atoms with Crippen LogP contribution < -0.4 is 16.0 Å². The summed E-state index contributed by atoms with van der Waals surface area (Å²) < 4.78 is 18.8. The van der Waals surface area contributed by atoms with Crippen molar-refractivity contribution < 1.29 is 23.8 Å². The van der Waals surface area contributed by atoms with Gasteiger partial charge in [-0.15, -0.1) is 0 Å². The molecule has 30 heavy (non-hydrogen) atoms. The molecule has 10 heteroatoms. The van der Waals surface area contributed by atoms with Crippen molar-refractivity contribution in [2.24, 2.45) is 0 Å². The maximum atomic E-state index is 12.9. The normalized spacial score (nSPS) is 20.9. The Kier molecular flexibility index (Phi) is 7.63. The van der Waals surface area contributed by atoms with Crippen LogP contribution in [0.25, 0.3) is 0 Å². The summed E-state index contributed by atoms with van der Waals surface area (Å²) in [6.45, 7) is 0.132. The number of halogens is 1. The molecule has 2 aromatic rings. The van der Waals surface area contributed by atoms with E-state index in [-0.39, 0.29) is 36.2 Å². The first-order valence-corrected chi connectivity index (χ1v) is 9.68. The highest BCUT2D eigenvalue weighted by molar-refractivity contribution is 5.92. The van der Waals surface area contributed by atoms with E-state index in [0.29, 0.717) is 31.5 Å². The minimum absolute atomic E-state index is 0.155. The van der Waals surface area contributed by atoms with E-state index in [1.165, 1.54) is 42.9 Å². The Morgan fingerprint density at radius 2 is 2.00 bits per heavy atom. The van der Waals surface area contributed by atoms with Crippen LogP contribution in [0, 0.1) is 5.82 Å². The lowest BCUT2D eigenvalue weighted by Crippen LogP contribution is -2.51. The van der Waals surface area contributed by atoms with Crippen molar-refractivity contribution >= 4 is 17.6 Å². The summed E-state index contributed by atoms with van der Waals surface area (Å²) in [5.74, 6) is -0.743. The molecular weight excluding hydrogens is 393 g/mol. The Morgan fingerprint density at radius 3 is 2.70 bits per heavy atom. The number of carbonyl (C=O) groups is 2. The van der Waals surface area contributed by atoms with Gasteiger partial charge in [-0.05, 0) is 43.5 Å². The molecule has 3 amide bonds. The summed E-state index contributed by atoms with van der Waals surface area (Å²) in [7, 11) is 0. The zero-order chi connectivity index (χ0) is 21.3. The maximum absolute atomic E-state index is 12.9. The molecule has 2 heterocycles. The number of urea groups is 1. The highest BCUT2D eigenvalue weighted by atomic mass is 19.1. The number of aliphatic hydroxyl groups is 1. The molecule has 1 aromatic heterocycles. The molecule has 1 aromatic carbocycles. The molecule has 0 aliphatic carbocycles. The summed E-state index contributed by atoms with van der Waals surface area (Å²) in [5.41, 5.74) is 0.692. The Balaban J connectivity index is 1.40. The molecule has 3 atom stereocenters. The maximum Gasteiger partial charge on any atom is 0.319 e. The molecule has 1 saturated heterocycles. The summed E-state index contributed by atoms with van der Waals surface area (Å²) in [6, 6.07) is 4.74. The number of nitrogens with one attached hydrogen (secondary N) is 3. The lowest BCUT2D eigenvalue weighted by molar-refractivity contribution is -0.0892. The number of nitrogens with zero attached hydrogens (tertiary/aromatic N) is 2. The SMILES string of the molecule is O=C(NCC[C@@H]1CC[C@@H](NC(=O)c2cnccn2)[C@H](CO)O1)Nc1ccc(F)cc1. The van der Waals surface area contributed by atoms with Gasteiger partial charge in [0.2, 0.25) is 0 Å². The first kappa shape index (κ1) is 21.6. The lowest BCUT2D eigenvalue weighted by atomic mass is 9.97. The van der Waals surface area contributed by atoms with Crippen molar-refractivity contribution in [1.29, 1.82) is 0 Å². The monoisotopic (exact) mass is 417 g/mol. The molecule has 9 nitrogen and oxygen atoms in total. The van der Waals surface area contributed by atoms with Crippen LogP contribution in [0.3, 0.4) is 0 Å². The summed E-state index contributed by atoms with van der Waals surface area (Å²) in [6.07, 6.45) is 5.44. The minimum atomic E-state index is -0.544. The summed E-state index contributed by atoms with van der Waals surface area (Å²) in [5, 5.41) is 17.8. The van der Waals surface area contributed by atoms with Crippen LogP contribution in [0.5, 0.6) is 0 Å².